The highest BCUT2D eigenvalue weighted by Gasteiger charge is 2.33. The van der Waals surface area contributed by atoms with Crippen molar-refractivity contribution < 1.29 is 9.84 Å². The molecule has 3 atom stereocenters. The van der Waals surface area contributed by atoms with Gasteiger partial charge >= 0.3 is 0 Å². The van der Waals surface area contributed by atoms with Crippen LogP contribution < -0.4 is 10.6 Å². The van der Waals surface area contributed by atoms with E-state index in [-0.39, 0.29) is 30.3 Å². The van der Waals surface area contributed by atoms with E-state index in [4.69, 9.17) is 4.74 Å². The van der Waals surface area contributed by atoms with E-state index in [1.54, 1.807) is 7.05 Å². The number of benzene rings is 1. The van der Waals surface area contributed by atoms with E-state index in [0.717, 1.165) is 31.2 Å². The van der Waals surface area contributed by atoms with Gasteiger partial charge in [-0.05, 0) is 33.3 Å². The Morgan fingerprint density at radius 3 is 2.41 bits per heavy atom. The number of nitrogens with zero attached hydrogens (tertiary/aromatic N) is 2. The third-order valence-corrected chi connectivity index (χ3v) is 5.19. The summed E-state index contributed by atoms with van der Waals surface area (Å²) in [4.78, 5) is 6.81. The van der Waals surface area contributed by atoms with Gasteiger partial charge in [0.05, 0.1) is 18.8 Å². The van der Waals surface area contributed by atoms with Crippen molar-refractivity contribution in [2.75, 3.05) is 39.8 Å². The monoisotopic (exact) mass is 376 g/mol. The largest absolute Gasteiger partial charge is 0.396 e. The Bertz CT molecular complexity index is 581. The van der Waals surface area contributed by atoms with Crippen molar-refractivity contribution in [3.8, 4) is 0 Å². The van der Waals surface area contributed by atoms with Crippen molar-refractivity contribution >= 4 is 5.96 Å². The summed E-state index contributed by atoms with van der Waals surface area (Å²) in [5.41, 5.74) is 1.11. The topological polar surface area (TPSA) is 69.1 Å². The van der Waals surface area contributed by atoms with Crippen molar-refractivity contribution in [3.63, 3.8) is 0 Å². The zero-order valence-electron chi connectivity index (χ0n) is 17.4. The molecule has 6 heteroatoms. The molecule has 0 bridgehead atoms. The summed E-state index contributed by atoms with van der Waals surface area (Å²) >= 11 is 0. The van der Waals surface area contributed by atoms with Crippen molar-refractivity contribution in [1.82, 2.24) is 15.5 Å². The van der Waals surface area contributed by atoms with Crippen LogP contribution in [0, 0.1) is 0 Å². The Morgan fingerprint density at radius 1 is 1.22 bits per heavy atom. The molecule has 0 aromatic heterocycles. The van der Waals surface area contributed by atoms with Crippen LogP contribution in [-0.4, -0.2) is 73.5 Å². The third kappa shape index (κ3) is 6.48. The van der Waals surface area contributed by atoms with Crippen LogP contribution in [0.5, 0.6) is 0 Å². The minimum Gasteiger partial charge on any atom is -0.396 e. The molecule has 1 aliphatic rings. The van der Waals surface area contributed by atoms with Crippen LogP contribution in [0.4, 0.5) is 0 Å². The van der Waals surface area contributed by atoms with E-state index >= 15 is 0 Å². The number of guanidine groups is 1. The number of morpholine rings is 1. The molecule has 1 fully saturated rings. The summed E-state index contributed by atoms with van der Waals surface area (Å²) in [7, 11) is 1.78. The third-order valence-electron chi connectivity index (χ3n) is 5.19. The second-order valence-corrected chi connectivity index (χ2v) is 8.07. The first kappa shape index (κ1) is 21.7. The van der Waals surface area contributed by atoms with E-state index in [0.29, 0.717) is 6.54 Å². The fraction of sp³-hybridized carbons (Fsp3) is 0.667. The molecule has 0 radical (unpaired) electrons. The number of aliphatic hydroxyl groups excluding tert-OH is 1. The Kier molecular flexibility index (Phi) is 8.07. The van der Waals surface area contributed by atoms with Crippen LogP contribution in [0.1, 0.15) is 39.2 Å². The molecule has 1 aromatic rings. The second kappa shape index (κ2) is 10.1. The Morgan fingerprint density at radius 2 is 1.85 bits per heavy atom. The van der Waals surface area contributed by atoms with Gasteiger partial charge in [0.25, 0.3) is 0 Å². The zero-order valence-corrected chi connectivity index (χ0v) is 17.4. The van der Waals surface area contributed by atoms with Crippen molar-refractivity contribution in [1.29, 1.82) is 0 Å². The molecule has 3 N–H and O–H groups in total. The van der Waals surface area contributed by atoms with Gasteiger partial charge in [-0.3, -0.25) is 9.89 Å². The van der Waals surface area contributed by atoms with E-state index in [2.05, 4.69) is 48.2 Å². The van der Waals surface area contributed by atoms with Gasteiger partial charge in [-0.2, -0.15) is 0 Å². The maximum absolute atomic E-state index is 9.73. The van der Waals surface area contributed by atoms with Gasteiger partial charge < -0.3 is 20.5 Å². The summed E-state index contributed by atoms with van der Waals surface area (Å²) in [6.07, 6.45) is 0.503. The van der Waals surface area contributed by atoms with Gasteiger partial charge in [0.2, 0.25) is 0 Å². The molecule has 6 nitrogen and oxygen atoms in total. The average Bonchev–Trinajstić information content (AvgIpc) is 2.64. The minimum atomic E-state index is -0.0142. The van der Waals surface area contributed by atoms with E-state index in [1.807, 2.05) is 30.3 Å². The van der Waals surface area contributed by atoms with Gasteiger partial charge in [0.1, 0.15) is 0 Å². The maximum Gasteiger partial charge on any atom is 0.191 e. The van der Waals surface area contributed by atoms with E-state index in [1.165, 1.54) is 0 Å². The predicted octanol–water partition coefficient (Wildman–Crippen LogP) is 1.82. The number of aliphatic hydroxyl groups is 1. The summed E-state index contributed by atoms with van der Waals surface area (Å²) < 4.78 is 5.86. The maximum atomic E-state index is 9.73. The molecular weight excluding hydrogens is 340 g/mol. The van der Waals surface area contributed by atoms with E-state index in [9.17, 15) is 5.11 Å². The van der Waals surface area contributed by atoms with Crippen LogP contribution >= 0.6 is 0 Å². The Labute approximate surface area is 164 Å². The first-order chi connectivity index (χ1) is 12.9. The normalized spacial score (nSPS) is 23.1. The molecule has 0 amide bonds. The SMILES string of the molecule is CN=C(NCC(CO)c1ccccc1)NCC(C)(C)N1CC(C)OC(C)C1. The average molecular weight is 377 g/mol. The second-order valence-electron chi connectivity index (χ2n) is 8.07. The number of hydrogen-bond acceptors (Lipinski definition) is 4. The molecule has 0 spiro atoms. The lowest BCUT2D eigenvalue weighted by Gasteiger charge is -2.45. The van der Waals surface area contributed by atoms with E-state index < -0.39 is 0 Å². The molecular formula is C21H36N4O2. The lowest BCUT2D eigenvalue weighted by atomic mass is 10.00. The molecule has 0 aliphatic carbocycles. The fourth-order valence-electron chi connectivity index (χ4n) is 3.54. The highest BCUT2D eigenvalue weighted by atomic mass is 16.5. The smallest absolute Gasteiger partial charge is 0.191 e. The number of nitrogens with one attached hydrogen (secondary N) is 2. The molecule has 1 aliphatic heterocycles. The Balaban J connectivity index is 1.87. The zero-order chi connectivity index (χ0) is 19.9. The quantitative estimate of drug-likeness (QED) is 0.500. The van der Waals surface area contributed by atoms with Crippen molar-refractivity contribution in [2.45, 2.75) is 51.4 Å². The number of ether oxygens (including phenoxy) is 1. The van der Waals surface area contributed by atoms with Crippen LogP contribution in [0.25, 0.3) is 0 Å². The number of rotatable bonds is 7. The van der Waals surface area contributed by atoms with Crippen molar-refractivity contribution in [3.05, 3.63) is 35.9 Å². The lowest BCUT2D eigenvalue weighted by molar-refractivity contribution is -0.0946. The molecule has 152 valence electrons. The standard InChI is InChI=1S/C21H36N4O2/c1-16-12-25(13-17(2)27-16)21(3,4)15-24-20(22-5)23-11-19(14-26)18-9-7-6-8-10-18/h6-10,16-17,19,26H,11-15H2,1-5H3,(H2,22,23,24). The molecule has 1 aromatic carbocycles. The first-order valence-corrected chi connectivity index (χ1v) is 9.86. The predicted molar refractivity (Wildman–Crippen MR) is 111 cm³/mol. The molecule has 1 saturated heterocycles. The van der Waals surface area contributed by atoms with Gasteiger partial charge in [-0.15, -0.1) is 0 Å². The van der Waals surface area contributed by atoms with Crippen LogP contribution in [-0.2, 0) is 4.74 Å². The summed E-state index contributed by atoms with van der Waals surface area (Å²) in [6.45, 7) is 12.1. The molecule has 2 rings (SSSR count). The van der Waals surface area contributed by atoms with Crippen molar-refractivity contribution in [2.24, 2.45) is 4.99 Å². The molecule has 27 heavy (non-hydrogen) atoms. The number of hydrogen-bond donors (Lipinski definition) is 3. The van der Waals surface area contributed by atoms with Gasteiger partial charge in [0.15, 0.2) is 5.96 Å². The van der Waals surface area contributed by atoms with Gasteiger partial charge in [0, 0.05) is 44.7 Å². The summed E-state index contributed by atoms with van der Waals surface area (Å²) in [6, 6.07) is 10.1. The highest BCUT2D eigenvalue weighted by molar-refractivity contribution is 5.79. The van der Waals surface area contributed by atoms with Gasteiger partial charge in [-0.1, -0.05) is 30.3 Å². The van der Waals surface area contributed by atoms with Crippen LogP contribution in [0.2, 0.25) is 0 Å². The Hall–Kier alpha value is -1.63. The molecule has 1 heterocycles. The first-order valence-electron chi connectivity index (χ1n) is 9.86. The minimum absolute atomic E-state index is 0.0142. The summed E-state index contributed by atoms with van der Waals surface area (Å²) in [5.74, 6) is 0.797. The lowest BCUT2D eigenvalue weighted by Crippen LogP contribution is -2.59. The molecule has 0 saturated carbocycles. The summed E-state index contributed by atoms with van der Waals surface area (Å²) in [5, 5.41) is 16.5. The highest BCUT2D eigenvalue weighted by Crippen LogP contribution is 2.20. The number of aliphatic imine (C=N–C) groups is 1. The van der Waals surface area contributed by atoms with Gasteiger partial charge in [-0.25, -0.2) is 0 Å². The van der Waals surface area contributed by atoms with Crippen LogP contribution in [0.3, 0.4) is 0 Å². The van der Waals surface area contributed by atoms with Crippen LogP contribution in [0.15, 0.2) is 35.3 Å². The fourth-order valence-corrected chi connectivity index (χ4v) is 3.54. The molecule has 3 unspecified atom stereocenters.